The molecule has 0 fully saturated rings. The molecule has 2 aromatic rings. The van der Waals surface area contributed by atoms with Gasteiger partial charge in [-0.3, -0.25) is 10.1 Å². The van der Waals surface area contributed by atoms with Crippen LogP contribution >= 0.6 is 11.6 Å². The van der Waals surface area contributed by atoms with Crippen LogP contribution in [0.15, 0.2) is 24.5 Å². The van der Waals surface area contributed by atoms with Crippen molar-refractivity contribution >= 4 is 17.3 Å². The summed E-state index contributed by atoms with van der Waals surface area (Å²) in [5, 5.41) is 23.4. The predicted octanol–water partition coefficient (Wildman–Crippen LogP) is 1.70. The first-order valence-electron chi connectivity index (χ1n) is 4.38. The van der Waals surface area contributed by atoms with Gasteiger partial charge in [-0.05, 0) is 12.1 Å². The predicted molar refractivity (Wildman–Crippen MR) is 57.7 cm³/mol. The van der Waals surface area contributed by atoms with Crippen LogP contribution in [0.1, 0.15) is 5.82 Å². The minimum Gasteiger partial charge on any atom is -0.258 e. The Morgan fingerprint density at radius 2 is 2.29 bits per heavy atom. The molecule has 2 rings (SSSR count). The molecule has 0 unspecified atom stereocenters. The number of nitro benzene ring substituents is 1. The molecule has 0 saturated carbocycles. The van der Waals surface area contributed by atoms with Crippen molar-refractivity contribution in [3.05, 3.63) is 45.5 Å². The van der Waals surface area contributed by atoms with E-state index in [9.17, 15) is 10.1 Å². The Hall–Kier alpha value is -2.46. The largest absolute Gasteiger partial charge is 0.296 e. The Labute approximate surface area is 100 Å². The first kappa shape index (κ1) is 11.0. The molecular weight excluding hydrogens is 246 g/mol. The summed E-state index contributed by atoms with van der Waals surface area (Å²) >= 11 is 5.68. The van der Waals surface area contributed by atoms with Crippen LogP contribution in [0.3, 0.4) is 0 Å². The fourth-order valence-electron chi connectivity index (χ4n) is 1.27. The summed E-state index contributed by atoms with van der Waals surface area (Å²) in [5.74, 6) is -0.0609. The molecule has 0 aliphatic carbocycles. The van der Waals surface area contributed by atoms with Gasteiger partial charge in [0.1, 0.15) is 18.1 Å². The van der Waals surface area contributed by atoms with Crippen molar-refractivity contribution < 1.29 is 4.92 Å². The van der Waals surface area contributed by atoms with Gasteiger partial charge < -0.3 is 0 Å². The van der Waals surface area contributed by atoms with Crippen molar-refractivity contribution in [2.24, 2.45) is 0 Å². The lowest BCUT2D eigenvalue weighted by molar-refractivity contribution is -0.384. The summed E-state index contributed by atoms with van der Waals surface area (Å²) in [6.45, 7) is 0. The number of aromatic nitrogens is 3. The van der Waals surface area contributed by atoms with Gasteiger partial charge in [0.15, 0.2) is 0 Å². The smallest absolute Gasteiger partial charge is 0.258 e. The molecule has 7 nitrogen and oxygen atoms in total. The average Bonchev–Trinajstić information content (AvgIpc) is 2.77. The van der Waals surface area contributed by atoms with Crippen molar-refractivity contribution in [3.63, 3.8) is 0 Å². The Morgan fingerprint density at radius 1 is 1.53 bits per heavy atom. The fraction of sp³-hybridized carbons (Fsp3) is 0. The molecule has 1 aromatic heterocycles. The summed E-state index contributed by atoms with van der Waals surface area (Å²) in [5.41, 5.74) is 0.000268. The van der Waals surface area contributed by atoms with E-state index in [1.807, 2.05) is 0 Å². The second kappa shape index (κ2) is 4.19. The van der Waals surface area contributed by atoms with E-state index in [-0.39, 0.29) is 22.2 Å². The Bertz CT molecular complexity index is 631. The first-order valence-corrected chi connectivity index (χ1v) is 4.75. The molecule has 0 atom stereocenters. The number of nitriles is 1. The zero-order valence-electron chi connectivity index (χ0n) is 8.24. The van der Waals surface area contributed by atoms with E-state index in [0.29, 0.717) is 0 Å². The monoisotopic (exact) mass is 249 g/mol. The highest BCUT2D eigenvalue weighted by Crippen LogP contribution is 2.25. The van der Waals surface area contributed by atoms with E-state index in [4.69, 9.17) is 16.9 Å². The minimum absolute atomic E-state index is 0.0609. The number of rotatable bonds is 2. The number of nitro groups is 1. The third-order valence-electron chi connectivity index (χ3n) is 1.97. The highest BCUT2D eigenvalue weighted by atomic mass is 35.5. The molecule has 0 bridgehead atoms. The molecule has 17 heavy (non-hydrogen) atoms. The van der Waals surface area contributed by atoms with E-state index in [2.05, 4.69) is 10.1 Å². The summed E-state index contributed by atoms with van der Waals surface area (Å²) in [4.78, 5) is 13.9. The summed E-state index contributed by atoms with van der Waals surface area (Å²) < 4.78 is 1.16. The van der Waals surface area contributed by atoms with Gasteiger partial charge in [-0.1, -0.05) is 11.6 Å². The molecule has 0 N–H and O–H groups in total. The van der Waals surface area contributed by atoms with Gasteiger partial charge in [-0.2, -0.15) is 5.26 Å². The molecule has 0 aliphatic heterocycles. The molecule has 1 heterocycles. The van der Waals surface area contributed by atoms with Crippen LogP contribution in [0, 0.1) is 21.4 Å². The van der Waals surface area contributed by atoms with Gasteiger partial charge in [-0.15, -0.1) is 5.10 Å². The van der Waals surface area contributed by atoms with Crippen molar-refractivity contribution in [2.75, 3.05) is 0 Å². The maximum atomic E-state index is 10.8. The van der Waals surface area contributed by atoms with Crippen molar-refractivity contribution in [1.82, 2.24) is 14.8 Å². The Morgan fingerprint density at radius 3 is 2.88 bits per heavy atom. The van der Waals surface area contributed by atoms with E-state index in [0.717, 1.165) is 4.68 Å². The zero-order valence-corrected chi connectivity index (χ0v) is 9.00. The van der Waals surface area contributed by atoms with Crippen molar-refractivity contribution in [3.8, 4) is 11.8 Å². The average molecular weight is 250 g/mol. The molecule has 0 radical (unpaired) electrons. The van der Waals surface area contributed by atoms with Crippen LogP contribution in [0.5, 0.6) is 0 Å². The number of benzene rings is 1. The van der Waals surface area contributed by atoms with E-state index < -0.39 is 4.92 Å². The maximum Gasteiger partial charge on any atom is 0.296 e. The van der Waals surface area contributed by atoms with Crippen LogP contribution in [-0.4, -0.2) is 19.7 Å². The van der Waals surface area contributed by atoms with Gasteiger partial charge in [0.25, 0.3) is 11.5 Å². The van der Waals surface area contributed by atoms with Crippen molar-refractivity contribution in [1.29, 1.82) is 5.26 Å². The molecule has 0 saturated heterocycles. The molecular formula is C9H4ClN5O2. The Balaban J connectivity index is 2.59. The summed E-state index contributed by atoms with van der Waals surface area (Å²) in [6, 6.07) is 5.89. The zero-order chi connectivity index (χ0) is 12.4. The third kappa shape index (κ3) is 2.07. The van der Waals surface area contributed by atoms with Crippen LogP contribution < -0.4 is 0 Å². The lowest BCUT2D eigenvalue weighted by Crippen LogP contribution is -2.00. The van der Waals surface area contributed by atoms with Gasteiger partial charge in [-0.25, -0.2) is 9.67 Å². The second-order valence-electron chi connectivity index (χ2n) is 3.01. The topological polar surface area (TPSA) is 97.6 Å². The first-order chi connectivity index (χ1) is 8.11. The van der Waals surface area contributed by atoms with Crippen LogP contribution in [-0.2, 0) is 0 Å². The highest BCUT2D eigenvalue weighted by molar-refractivity contribution is 6.30. The Kier molecular flexibility index (Phi) is 2.72. The van der Waals surface area contributed by atoms with E-state index in [1.165, 1.54) is 24.5 Å². The molecule has 1 aromatic carbocycles. The molecule has 0 spiro atoms. The minimum atomic E-state index is -0.574. The standard InChI is InChI=1S/C9H4ClN5O2/c10-6-1-2-7(8(3-6)15(16)17)14-5-12-9(4-11)13-14/h1-3,5H. The van der Waals surface area contributed by atoms with Crippen LogP contribution in [0.25, 0.3) is 5.69 Å². The van der Waals surface area contributed by atoms with E-state index in [1.54, 1.807) is 6.07 Å². The van der Waals surface area contributed by atoms with Gasteiger partial charge >= 0.3 is 0 Å². The van der Waals surface area contributed by atoms with E-state index >= 15 is 0 Å². The number of hydrogen-bond acceptors (Lipinski definition) is 5. The second-order valence-corrected chi connectivity index (χ2v) is 3.45. The van der Waals surface area contributed by atoms with Gasteiger partial charge in [0.05, 0.1) is 4.92 Å². The van der Waals surface area contributed by atoms with Gasteiger partial charge in [0, 0.05) is 11.1 Å². The third-order valence-corrected chi connectivity index (χ3v) is 2.21. The summed E-state index contributed by atoms with van der Waals surface area (Å²) in [6.07, 6.45) is 1.23. The number of nitrogens with zero attached hydrogens (tertiary/aromatic N) is 5. The lowest BCUT2D eigenvalue weighted by atomic mass is 10.3. The fourth-order valence-corrected chi connectivity index (χ4v) is 1.43. The number of halogens is 1. The molecule has 0 aliphatic rings. The highest BCUT2D eigenvalue weighted by Gasteiger charge is 2.17. The maximum absolute atomic E-state index is 10.8. The SMILES string of the molecule is N#Cc1ncn(-c2ccc(Cl)cc2[N+](=O)[O-])n1. The van der Waals surface area contributed by atoms with Gasteiger partial charge in [0.2, 0.25) is 0 Å². The quantitative estimate of drug-likeness (QED) is 0.596. The normalized spacial score (nSPS) is 9.88. The van der Waals surface area contributed by atoms with Crippen molar-refractivity contribution in [2.45, 2.75) is 0 Å². The lowest BCUT2D eigenvalue weighted by Gasteiger charge is -2.01. The number of hydrogen-bond donors (Lipinski definition) is 0. The summed E-state index contributed by atoms with van der Waals surface area (Å²) in [7, 11) is 0. The molecule has 8 heteroatoms. The van der Waals surface area contributed by atoms with Crippen LogP contribution in [0.2, 0.25) is 5.02 Å². The van der Waals surface area contributed by atoms with Crippen LogP contribution in [0.4, 0.5) is 5.69 Å². The molecule has 84 valence electrons. The molecule has 0 amide bonds.